The molecule has 1 aromatic heterocycles. The smallest absolute Gasteiger partial charge is 0.123 e. The van der Waals surface area contributed by atoms with Gasteiger partial charge in [-0.3, -0.25) is 0 Å². The molecule has 16 heavy (non-hydrogen) atoms. The van der Waals surface area contributed by atoms with Gasteiger partial charge in [-0.25, -0.2) is 4.39 Å². The number of halogens is 1. The van der Waals surface area contributed by atoms with Crippen molar-refractivity contribution >= 4 is 10.9 Å². The number of benzene rings is 1. The van der Waals surface area contributed by atoms with Crippen LogP contribution in [0.25, 0.3) is 10.9 Å². The van der Waals surface area contributed by atoms with Crippen molar-refractivity contribution in [3.8, 4) is 0 Å². The van der Waals surface area contributed by atoms with Crippen molar-refractivity contribution in [1.82, 2.24) is 4.57 Å². The molecule has 0 radical (unpaired) electrons. The maximum absolute atomic E-state index is 13.2. The van der Waals surface area contributed by atoms with E-state index in [2.05, 4.69) is 6.20 Å². The van der Waals surface area contributed by atoms with E-state index in [9.17, 15) is 4.39 Å². The molecule has 1 aromatic carbocycles. The summed E-state index contributed by atoms with van der Waals surface area (Å²) < 4.78 is 15.2. The minimum atomic E-state index is -0.180. The molecule has 0 saturated carbocycles. The van der Waals surface area contributed by atoms with E-state index >= 15 is 0 Å². The predicted octanol–water partition coefficient (Wildman–Crippen LogP) is 2.60. The van der Waals surface area contributed by atoms with Gasteiger partial charge in [-0.15, -0.1) is 0 Å². The van der Waals surface area contributed by atoms with Crippen LogP contribution in [0.5, 0.6) is 0 Å². The molecule has 3 heteroatoms. The van der Waals surface area contributed by atoms with Gasteiger partial charge in [0, 0.05) is 30.2 Å². The molecule has 0 aliphatic heterocycles. The van der Waals surface area contributed by atoms with Crippen molar-refractivity contribution in [3.63, 3.8) is 0 Å². The van der Waals surface area contributed by atoms with Gasteiger partial charge in [0.05, 0.1) is 0 Å². The maximum Gasteiger partial charge on any atom is 0.123 e. The van der Waals surface area contributed by atoms with Crippen LogP contribution in [0, 0.1) is 5.82 Å². The molecule has 0 saturated heterocycles. The Bertz CT molecular complexity index is 500. The number of nitrogens with two attached hydrogens (primary N) is 1. The van der Waals surface area contributed by atoms with Crippen molar-refractivity contribution in [2.75, 3.05) is 0 Å². The van der Waals surface area contributed by atoms with Gasteiger partial charge >= 0.3 is 0 Å². The largest absolute Gasteiger partial charge is 0.350 e. The molecule has 1 heterocycles. The second kappa shape index (κ2) is 4.26. The minimum absolute atomic E-state index is 0.180. The zero-order valence-electron chi connectivity index (χ0n) is 9.70. The van der Waals surface area contributed by atoms with Gasteiger partial charge < -0.3 is 10.3 Å². The number of hydrogen-bond donors (Lipinski definition) is 1. The Labute approximate surface area is 94.9 Å². The molecule has 2 rings (SSSR count). The Morgan fingerprint density at radius 1 is 1.44 bits per heavy atom. The van der Waals surface area contributed by atoms with Crippen molar-refractivity contribution in [2.45, 2.75) is 25.8 Å². The lowest BCUT2D eigenvalue weighted by Crippen LogP contribution is -2.15. The SMILES string of the molecule is CC(N)CCc1cn(C)c2ccc(F)cc12. The summed E-state index contributed by atoms with van der Waals surface area (Å²) in [6.07, 6.45) is 3.89. The van der Waals surface area contributed by atoms with E-state index < -0.39 is 0 Å². The molecular weight excluding hydrogens is 203 g/mol. The van der Waals surface area contributed by atoms with E-state index in [-0.39, 0.29) is 11.9 Å². The molecule has 2 nitrogen and oxygen atoms in total. The van der Waals surface area contributed by atoms with Crippen LogP contribution in [0.4, 0.5) is 4.39 Å². The maximum atomic E-state index is 13.2. The zero-order chi connectivity index (χ0) is 11.7. The number of nitrogens with zero attached hydrogens (tertiary/aromatic N) is 1. The molecule has 0 spiro atoms. The first-order valence-electron chi connectivity index (χ1n) is 5.57. The van der Waals surface area contributed by atoms with Crippen LogP contribution in [-0.2, 0) is 13.5 Å². The van der Waals surface area contributed by atoms with Crippen molar-refractivity contribution in [2.24, 2.45) is 12.8 Å². The van der Waals surface area contributed by atoms with E-state index in [1.54, 1.807) is 6.07 Å². The summed E-state index contributed by atoms with van der Waals surface area (Å²) in [6, 6.07) is 5.10. The van der Waals surface area contributed by atoms with E-state index in [4.69, 9.17) is 5.73 Å². The Morgan fingerprint density at radius 3 is 2.88 bits per heavy atom. The zero-order valence-corrected chi connectivity index (χ0v) is 9.70. The molecular formula is C13H17FN2. The van der Waals surface area contributed by atoms with E-state index in [0.717, 1.165) is 23.7 Å². The van der Waals surface area contributed by atoms with Crippen LogP contribution in [0.1, 0.15) is 18.9 Å². The summed E-state index contributed by atoms with van der Waals surface area (Å²) >= 11 is 0. The number of aromatic nitrogens is 1. The van der Waals surface area contributed by atoms with E-state index in [0.29, 0.717) is 0 Å². The summed E-state index contributed by atoms with van der Waals surface area (Å²) in [5.41, 5.74) is 7.99. The molecule has 2 N–H and O–H groups in total. The monoisotopic (exact) mass is 220 g/mol. The quantitative estimate of drug-likeness (QED) is 0.847. The topological polar surface area (TPSA) is 30.9 Å². The summed E-state index contributed by atoms with van der Waals surface area (Å²) in [7, 11) is 1.98. The van der Waals surface area contributed by atoms with Gasteiger partial charge in [-0.2, -0.15) is 0 Å². The first-order valence-corrected chi connectivity index (χ1v) is 5.57. The fraction of sp³-hybridized carbons (Fsp3) is 0.385. The number of rotatable bonds is 3. The molecule has 86 valence electrons. The van der Waals surface area contributed by atoms with Crippen LogP contribution < -0.4 is 5.73 Å². The highest BCUT2D eigenvalue weighted by atomic mass is 19.1. The Kier molecular flexibility index (Phi) is 2.97. The molecule has 0 bridgehead atoms. The van der Waals surface area contributed by atoms with Gasteiger partial charge in [0.25, 0.3) is 0 Å². The van der Waals surface area contributed by atoms with Gasteiger partial charge in [-0.1, -0.05) is 0 Å². The highest BCUT2D eigenvalue weighted by Gasteiger charge is 2.08. The van der Waals surface area contributed by atoms with Gasteiger partial charge in [0.15, 0.2) is 0 Å². The Hall–Kier alpha value is -1.35. The number of hydrogen-bond acceptors (Lipinski definition) is 1. The first-order chi connectivity index (χ1) is 7.58. The highest BCUT2D eigenvalue weighted by molar-refractivity contribution is 5.84. The van der Waals surface area contributed by atoms with Crippen LogP contribution >= 0.6 is 0 Å². The second-order valence-corrected chi connectivity index (χ2v) is 4.44. The molecule has 1 unspecified atom stereocenters. The van der Waals surface area contributed by atoms with Crippen molar-refractivity contribution < 1.29 is 4.39 Å². The van der Waals surface area contributed by atoms with Gasteiger partial charge in [0.1, 0.15) is 5.82 Å². The molecule has 0 aliphatic carbocycles. The van der Waals surface area contributed by atoms with Crippen molar-refractivity contribution in [1.29, 1.82) is 0 Å². The summed E-state index contributed by atoms with van der Waals surface area (Å²) in [5, 5.41) is 1.00. The molecule has 0 aliphatic rings. The highest BCUT2D eigenvalue weighted by Crippen LogP contribution is 2.23. The van der Waals surface area contributed by atoms with Gasteiger partial charge in [0.2, 0.25) is 0 Å². The average molecular weight is 220 g/mol. The second-order valence-electron chi connectivity index (χ2n) is 4.44. The Balaban J connectivity index is 2.41. The van der Waals surface area contributed by atoms with Crippen LogP contribution in [0.3, 0.4) is 0 Å². The van der Waals surface area contributed by atoms with Crippen LogP contribution in [-0.4, -0.2) is 10.6 Å². The van der Waals surface area contributed by atoms with Crippen LogP contribution in [0.15, 0.2) is 24.4 Å². The molecule has 0 fully saturated rings. The van der Waals surface area contributed by atoms with E-state index in [1.165, 1.54) is 11.6 Å². The molecule has 0 amide bonds. The normalized spacial score (nSPS) is 13.2. The predicted molar refractivity (Wildman–Crippen MR) is 64.8 cm³/mol. The Morgan fingerprint density at radius 2 is 2.19 bits per heavy atom. The standard InChI is InChI=1S/C13H17FN2/c1-9(15)3-4-10-8-16(2)13-6-5-11(14)7-12(10)13/h5-9H,3-4,15H2,1-2H3. The van der Waals surface area contributed by atoms with Crippen molar-refractivity contribution in [3.05, 3.63) is 35.8 Å². The third-order valence-corrected chi connectivity index (χ3v) is 2.90. The fourth-order valence-corrected chi connectivity index (χ4v) is 2.03. The first kappa shape index (κ1) is 11.1. The average Bonchev–Trinajstić information content (AvgIpc) is 2.52. The van der Waals surface area contributed by atoms with Crippen LogP contribution in [0.2, 0.25) is 0 Å². The lowest BCUT2D eigenvalue weighted by atomic mass is 10.1. The summed E-state index contributed by atoms with van der Waals surface area (Å²) in [4.78, 5) is 0. The molecule has 1 atom stereocenters. The fourth-order valence-electron chi connectivity index (χ4n) is 2.03. The summed E-state index contributed by atoms with van der Waals surface area (Å²) in [6.45, 7) is 1.99. The lowest BCUT2D eigenvalue weighted by molar-refractivity contribution is 0.629. The third-order valence-electron chi connectivity index (χ3n) is 2.90. The molecule has 2 aromatic rings. The number of fused-ring (bicyclic) bond motifs is 1. The third kappa shape index (κ3) is 2.09. The van der Waals surface area contributed by atoms with Gasteiger partial charge in [-0.05, 0) is 43.5 Å². The lowest BCUT2D eigenvalue weighted by Gasteiger charge is -2.03. The summed E-state index contributed by atoms with van der Waals surface area (Å²) in [5.74, 6) is -0.180. The number of aryl methyl sites for hydroxylation is 2. The minimum Gasteiger partial charge on any atom is -0.350 e. The van der Waals surface area contributed by atoms with E-state index in [1.807, 2.05) is 24.6 Å².